The third-order valence-electron chi connectivity index (χ3n) is 7.23. The SMILES string of the molecule is CC(C)C(=O)N(C)[C@H]1CC[C@H](N2CC(NC(=O)CNc3ncnc4ccc(C(F)(F)F)cc34)C2)CC1. The van der Waals surface area contributed by atoms with Crippen LogP contribution >= 0.6 is 0 Å². The number of hydrogen-bond acceptors (Lipinski definition) is 6. The van der Waals surface area contributed by atoms with Gasteiger partial charge in [0.2, 0.25) is 11.8 Å². The first-order valence-corrected chi connectivity index (χ1v) is 12.4. The number of nitrogens with one attached hydrogen (secondary N) is 2. The number of nitrogens with zero attached hydrogens (tertiary/aromatic N) is 4. The van der Waals surface area contributed by atoms with Crippen LogP contribution in [0.4, 0.5) is 19.0 Å². The summed E-state index contributed by atoms with van der Waals surface area (Å²) in [5.74, 6) is 0.145. The van der Waals surface area contributed by atoms with E-state index in [-0.39, 0.29) is 41.5 Å². The number of fused-ring (bicyclic) bond motifs is 1. The predicted molar refractivity (Wildman–Crippen MR) is 130 cm³/mol. The molecule has 0 unspecified atom stereocenters. The maximum atomic E-state index is 13.1. The molecule has 2 N–H and O–H groups in total. The zero-order chi connectivity index (χ0) is 26.0. The fourth-order valence-corrected chi connectivity index (χ4v) is 5.12. The number of aromatic nitrogens is 2. The summed E-state index contributed by atoms with van der Waals surface area (Å²) in [7, 11) is 1.90. The van der Waals surface area contributed by atoms with Gasteiger partial charge in [0, 0.05) is 43.5 Å². The number of carbonyl (C=O) groups excluding carboxylic acids is 2. The van der Waals surface area contributed by atoms with E-state index in [2.05, 4.69) is 25.5 Å². The van der Waals surface area contributed by atoms with Gasteiger partial charge in [-0.1, -0.05) is 13.8 Å². The minimum absolute atomic E-state index is 0.00684. The van der Waals surface area contributed by atoms with Gasteiger partial charge in [-0.3, -0.25) is 14.5 Å². The highest BCUT2D eigenvalue weighted by molar-refractivity contribution is 5.91. The molecule has 2 aliphatic rings. The minimum atomic E-state index is -4.48. The first kappa shape index (κ1) is 26.1. The number of anilines is 1. The summed E-state index contributed by atoms with van der Waals surface area (Å²) < 4.78 is 39.3. The van der Waals surface area contributed by atoms with Crippen LogP contribution < -0.4 is 10.6 Å². The summed E-state index contributed by atoms with van der Waals surface area (Å²) in [4.78, 5) is 37.0. The monoisotopic (exact) mass is 506 g/mol. The van der Waals surface area contributed by atoms with E-state index in [4.69, 9.17) is 0 Å². The second kappa shape index (κ2) is 10.6. The maximum Gasteiger partial charge on any atom is 0.416 e. The fourth-order valence-electron chi connectivity index (χ4n) is 5.12. The molecule has 8 nitrogen and oxygen atoms in total. The Labute approximate surface area is 208 Å². The van der Waals surface area contributed by atoms with Crippen molar-refractivity contribution in [2.45, 2.75) is 63.8 Å². The molecule has 2 heterocycles. The van der Waals surface area contributed by atoms with Crippen molar-refractivity contribution in [3.8, 4) is 0 Å². The zero-order valence-electron chi connectivity index (χ0n) is 20.8. The van der Waals surface area contributed by atoms with E-state index in [0.717, 1.165) is 50.9 Å². The molecule has 36 heavy (non-hydrogen) atoms. The van der Waals surface area contributed by atoms with Gasteiger partial charge < -0.3 is 15.5 Å². The Hall–Kier alpha value is -2.95. The number of halogens is 3. The molecule has 1 aliphatic heterocycles. The highest BCUT2D eigenvalue weighted by atomic mass is 19.4. The lowest BCUT2D eigenvalue weighted by Crippen LogP contribution is -2.63. The number of alkyl halides is 3. The molecule has 2 fully saturated rings. The normalized spacial score (nSPS) is 21.3. The molecule has 0 radical (unpaired) electrons. The Kier molecular flexibility index (Phi) is 7.67. The summed E-state index contributed by atoms with van der Waals surface area (Å²) in [6.07, 6.45) is 0.812. The first-order chi connectivity index (χ1) is 17.0. The molecule has 1 saturated heterocycles. The van der Waals surface area contributed by atoms with Crippen molar-refractivity contribution >= 4 is 28.5 Å². The molecular formula is C25H33F3N6O2. The molecule has 4 rings (SSSR count). The van der Waals surface area contributed by atoms with E-state index in [1.807, 2.05) is 25.8 Å². The van der Waals surface area contributed by atoms with Crippen LogP contribution in [0.2, 0.25) is 0 Å². The molecule has 2 amide bonds. The van der Waals surface area contributed by atoms with Gasteiger partial charge in [-0.25, -0.2) is 9.97 Å². The molecule has 0 spiro atoms. The Balaban J connectivity index is 1.22. The molecular weight excluding hydrogens is 473 g/mol. The third-order valence-corrected chi connectivity index (χ3v) is 7.23. The number of likely N-dealkylation sites (tertiary alicyclic amines) is 1. The molecule has 1 aromatic heterocycles. The molecule has 1 aromatic carbocycles. The summed E-state index contributed by atoms with van der Waals surface area (Å²) in [6, 6.07) is 4.06. The van der Waals surface area contributed by atoms with Crippen LogP contribution in [0.15, 0.2) is 24.5 Å². The Morgan fingerprint density at radius 2 is 1.83 bits per heavy atom. The Morgan fingerprint density at radius 1 is 1.14 bits per heavy atom. The van der Waals surface area contributed by atoms with Crippen molar-refractivity contribution in [2.24, 2.45) is 5.92 Å². The van der Waals surface area contributed by atoms with Crippen LogP contribution in [0.3, 0.4) is 0 Å². The molecule has 0 bridgehead atoms. The van der Waals surface area contributed by atoms with E-state index < -0.39 is 11.7 Å². The number of amides is 2. The van der Waals surface area contributed by atoms with Crippen molar-refractivity contribution in [2.75, 3.05) is 32.0 Å². The van der Waals surface area contributed by atoms with Crippen molar-refractivity contribution < 1.29 is 22.8 Å². The van der Waals surface area contributed by atoms with Crippen molar-refractivity contribution in [1.82, 2.24) is 25.1 Å². The van der Waals surface area contributed by atoms with Gasteiger partial charge in [0.05, 0.1) is 23.7 Å². The molecule has 2 aromatic rings. The first-order valence-electron chi connectivity index (χ1n) is 12.4. The number of hydrogen-bond donors (Lipinski definition) is 2. The van der Waals surface area contributed by atoms with Crippen molar-refractivity contribution in [3.63, 3.8) is 0 Å². The van der Waals surface area contributed by atoms with Gasteiger partial charge in [-0.2, -0.15) is 13.2 Å². The Bertz CT molecular complexity index is 1090. The predicted octanol–water partition coefficient (Wildman–Crippen LogP) is 3.29. The van der Waals surface area contributed by atoms with E-state index in [0.29, 0.717) is 17.6 Å². The largest absolute Gasteiger partial charge is 0.416 e. The molecule has 0 atom stereocenters. The van der Waals surface area contributed by atoms with Crippen LogP contribution in [0, 0.1) is 5.92 Å². The van der Waals surface area contributed by atoms with E-state index in [1.165, 1.54) is 12.4 Å². The zero-order valence-corrected chi connectivity index (χ0v) is 20.8. The number of benzene rings is 1. The van der Waals surface area contributed by atoms with Gasteiger partial charge in [0.1, 0.15) is 12.1 Å². The van der Waals surface area contributed by atoms with Crippen molar-refractivity contribution in [1.29, 1.82) is 0 Å². The van der Waals surface area contributed by atoms with Gasteiger partial charge in [0.15, 0.2) is 0 Å². The lowest BCUT2D eigenvalue weighted by molar-refractivity contribution is -0.137. The molecule has 1 saturated carbocycles. The smallest absolute Gasteiger partial charge is 0.360 e. The summed E-state index contributed by atoms with van der Waals surface area (Å²) in [5, 5.41) is 6.04. The third kappa shape index (κ3) is 5.88. The van der Waals surface area contributed by atoms with E-state index in [1.54, 1.807) is 0 Å². The fraction of sp³-hybridized carbons (Fsp3) is 0.600. The van der Waals surface area contributed by atoms with Crippen LogP contribution in [-0.2, 0) is 15.8 Å². The average Bonchev–Trinajstić information content (AvgIpc) is 2.82. The van der Waals surface area contributed by atoms with Gasteiger partial charge >= 0.3 is 6.18 Å². The minimum Gasteiger partial charge on any atom is -0.360 e. The lowest BCUT2D eigenvalue weighted by Gasteiger charge is -2.47. The maximum absolute atomic E-state index is 13.1. The van der Waals surface area contributed by atoms with Crippen LogP contribution in [0.25, 0.3) is 10.9 Å². The highest BCUT2D eigenvalue weighted by Crippen LogP contribution is 2.32. The van der Waals surface area contributed by atoms with Gasteiger partial charge in [0.25, 0.3) is 0 Å². The van der Waals surface area contributed by atoms with Crippen LogP contribution in [-0.4, -0.2) is 76.4 Å². The molecule has 1 aliphatic carbocycles. The van der Waals surface area contributed by atoms with E-state index in [9.17, 15) is 22.8 Å². The molecule has 11 heteroatoms. The number of rotatable bonds is 7. The summed E-state index contributed by atoms with van der Waals surface area (Å²) in [5.41, 5.74) is -0.427. The van der Waals surface area contributed by atoms with Gasteiger partial charge in [-0.15, -0.1) is 0 Å². The summed E-state index contributed by atoms with van der Waals surface area (Å²) >= 11 is 0. The second-order valence-corrected chi connectivity index (χ2v) is 10.1. The van der Waals surface area contributed by atoms with Crippen LogP contribution in [0.1, 0.15) is 45.1 Å². The number of carbonyl (C=O) groups is 2. The second-order valence-electron chi connectivity index (χ2n) is 10.1. The lowest BCUT2D eigenvalue weighted by atomic mass is 9.87. The molecule has 196 valence electrons. The quantitative estimate of drug-likeness (QED) is 0.599. The Morgan fingerprint density at radius 3 is 2.47 bits per heavy atom. The highest BCUT2D eigenvalue weighted by Gasteiger charge is 2.36. The summed E-state index contributed by atoms with van der Waals surface area (Å²) in [6.45, 7) is 5.29. The standard InChI is InChI=1S/C25H33F3N6O2/c1-15(2)24(36)33(3)18-5-7-19(8-6-18)34-12-17(13-34)32-22(35)11-29-23-20-10-16(25(26,27)28)4-9-21(20)30-14-31-23/h4,9-10,14-15,17-19H,5-8,11-13H2,1-3H3,(H,32,35)(H,29,30,31)/t18-,19-. The van der Waals surface area contributed by atoms with Gasteiger partial charge in [-0.05, 0) is 43.9 Å². The average molecular weight is 507 g/mol. The van der Waals surface area contributed by atoms with E-state index >= 15 is 0 Å². The van der Waals surface area contributed by atoms with Crippen LogP contribution in [0.5, 0.6) is 0 Å². The topological polar surface area (TPSA) is 90.5 Å². The van der Waals surface area contributed by atoms with Crippen molar-refractivity contribution in [3.05, 3.63) is 30.1 Å².